The Labute approximate surface area is 269 Å². The highest BCUT2D eigenvalue weighted by Crippen LogP contribution is 2.25. The van der Waals surface area contributed by atoms with Crippen molar-refractivity contribution in [3.8, 4) is 11.1 Å². The first-order valence-corrected chi connectivity index (χ1v) is 15.6. The van der Waals surface area contributed by atoms with E-state index in [0.717, 1.165) is 53.2 Å². The number of rotatable bonds is 18. The Morgan fingerprint density at radius 1 is 1.22 bits per heavy atom. The Morgan fingerprint density at radius 3 is 2.62 bits per heavy atom. The number of hydrogen-bond acceptors (Lipinski definition) is 12. The van der Waals surface area contributed by atoms with E-state index >= 15 is 0 Å². The van der Waals surface area contributed by atoms with Gasteiger partial charge in [0.15, 0.2) is 17.3 Å². The molecular formula is C29H36ClN7O7S. The molecule has 1 aromatic heterocycles. The summed E-state index contributed by atoms with van der Waals surface area (Å²) < 4.78 is 12.0. The van der Waals surface area contributed by atoms with E-state index < -0.39 is 17.5 Å². The van der Waals surface area contributed by atoms with Crippen LogP contribution in [0.4, 0.5) is 4.79 Å². The number of ether oxygens (including phenoxy) is 2. The van der Waals surface area contributed by atoms with Crippen LogP contribution in [-0.4, -0.2) is 69.0 Å². The van der Waals surface area contributed by atoms with Gasteiger partial charge in [0.25, 0.3) is 5.09 Å². The highest BCUT2D eigenvalue weighted by atomic mass is 35.5. The van der Waals surface area contributed by atoms with Gasteiger partial charge in [-0.3, -0.25) is 4.79 Å². The number of aromatic nitrogens is 2. The maximum atomic E-state index is 12.0. The Morgan fingerprint density at radius 2 is 1.93 bits per heavy atom. The third-order valence-electron chi connectivity index (χ3n) is 6.45. The van der Waals surface area contributed by atoms with Crippen molar-refractivity contribution >= 4 is 41.6 Å². The van der Waals surface area contributed by atoms with Crippen LogP contribution in [-0.2, 0) is 27.3 Å². The molecule has 0 spiro atoms. The number of unbranched alkanes of at least 4 members (excludes halogenated alkanes) is 1. The Bertz CT molecular complexity index is 1470. The number of thioether (sulfide) groups is 1. The van der Waals surface area contributed by atoms with Gasteiger partial charge in [-0.15, -0.1) is 15.2 Å². The third-order valence-corrected chi connectivity index (χ3v) is 7.64. The van der Waals surface area contributed by atoms with Gasteiger partial charge < -0.3 is 24.6 Å². The van der Waals surface area contributed by atoms with Gasteiger partial charge in [-0.1, -0.05) is 73.5 Å². The van der Waals surface area contributed by atoms with Crippen molar-refractivity contribution in [2.24, 2.45) is 16.7 Å². The quantitative estimate of drug-likeness (QED) is 0.0221. The van der Waals surface area contributed by atoms with Gasteiger partial charge in [-0.05, 0) is 30.0 Å². The number of carbonyl (C=O) groups excluding carboxylic acids is 2. The van der Waals surface area contributed by atoms with Gasteiger partial charge in [0.2, 0.25) is 6.23 Å². The molecule has 2 aromatic carbocycles. The lowest BCUT2D eigenvalue weighted by Gasteiger charge is -2.21. The first-order chi connectivity index (χ1) is 21.6. The molecule has 0 saturated heterocycles. The van der Waals surface area contributed by atoms with E-state index in [0.29, 0.717) is 29.3 Å². The maximum absolute atomic E-state index is 12.0. The molecule has 16 heteroatoms. The Kier molecular flexibility index (Phi) is 13.9. The van der Waals surface area contributed by atoms with Gasteiger partial charge in [0, 0.05) is 30.0 Å². The van der Waals surface area contributed by atoms with Crippen LogP contribution < -0.4 is 11.6 Å². The van der Waals surface area contributed by atoms with Crippen LogP contribution in [0.5, 0.6) is 0 Å². The number of carbonyl (C=O) groups is 2. The molecule has 0 aliphatic carbocycles. The molecule has 1 unspecified atom stereocenters. The second-order valence-electron chi connectivity index (χ2n) is 9.60. The standard InChI is InChI=1S/C29H36ClN7O7S/c1-3-4-9-26-33-27(30)25(19-38)35(26)18-21-10-12-22(13-11-21)23-7-5-6-8-24(23)28(31)34-36(32)20(2)44-29(39)42-14-16-45-17-15-43-37(40)41/h5-8,10-13,19-20H,3-4,9,14-18,32H2,1-2H3,(H2,31,34). The summed E-state index contributed by atoms with van der Waals surface area (Å²) in [6, 6.07) is 15.2. The van der Waals surface area contributed by atoms with Crippen LogP contribution in [0.25, 0.3) is 11.1 Å². The molecular weight excluding hydrogens is 626 g/mol. The monoisotopic (exact) mass is 661 g/mol. The summed E-state index contributed by atoms with van der Waals surface area (Å²) in [4.78, 5) is 42.4. The summed E-state index contributed by atoms with van der Waals surface area (Å²) in [7, 11) is 0. The summed E-state index contributed by atoms with van der Waals surface area (Å²) in [6.45, 7) is 4.02. The molecule has 3 rings (SSSR count). The molecule has 0 bridgehead atoms. The fourth-order valence-corrected chi connectivity index (χ4v) is 5.01. The number of hydrazone groups is 1. The van der Waals surface area contributed by atoms with Crippen molar-refractivity contribution < 1.29 is 29.0 Å². The zero-order valence-electron chi connectivity index (χ0n) is 25.0. The molecule has 1 heterocycles. The lowest BCUT2D eigenvalue weighted by molar-refractivity contribution is -0.756. The van der Waals surface area contributed by atoms with Gasteiger partial charge in [0.1, 0.15) is 24.7 Å². The van der Waals surface area contributed by atoms with E-state index in [2.05, 4.69) is 21.8 Å². The smallest absolute Gasteiger partial charge is 0.433 e. The van der Waals surface area contributed by atoms with E-state index in [1.807, 2.05) is 47.0 Å². The van der Waals surface area contributed by atoms with Crippen LogP contribution in [0.3, 0.4) is 0 Å². The van der Waals surface area contributed by atoms with Gasteiger partial charge in [0.05, 0.1) is 0 Å². The van der Waals surface area contributed by atoms with E-state index in [1.54, 1.807) is 6.07 Å². The second-order valence-corrected chi connectivity index (χ2v) is 11.2. The average Bonchev–Trinajstić information content (AvgIpc) is 3.32. The number of aryl methyl sites for hydroxylation is 1. The number of hydrogen-bond donors (Lipinski definition) is 2. The molecule has 0 aliphatic heterocycles. The highest BCUT2D eigenvalue weighted by molar-refractivity contribution is 7.99. The number of aldehydes is 1. The molecule has 3 aromatic rings. The fraction of sp³-hybridized carbons (Fsp3) is 0.379. The van der Waals surface area contributed by atoms with Gasteiger partial charge in [-0.25, -0.2) is 15.6 Å². The van der Waals surface area contributed by atoms with E-state index in [1.165, 1.54) is 18.7 Å². The maximum Gasteiger partial charge on any atom is 0.510 e. The first kappa shape index (κ1) is 35.1. The first-order valence-electron chi connectivity index (χ1n) is 14.1. The van der Waals surface area contributed by atoms with Crippen molar-refractivity contribution in [3.63, 3.8) is 0 Å². The normalized spacial score (nSPS) is 12.0. The summed E-state index contributed by atoms with van der Waals surface area (Å²) >= 11 is 7.54. The molecule has 14 nitrogen and oxygen atoms in total. The van der Waals surface area contributed by atoms with Crippen molar-refractivity contribution in [1.82, 2.24) is 14.7 Å². The lowest BCUT2D eigenvalue weighted by atomic mass is 9.98. The average molecular weight is 662 g/mol. The largest absolute Gasteiger partial charge is 0.510 e. The Balaban J connectivity index is 1.63. The molecule has 242 valence electrons. The molecule has 0 amide bonds. The minimum Gasteiger partial charge on any atom is -0.433 e. The van der Waals surface area contributed by atoms with E-state index in [9.17, 15) is 19.7 Å². The summed E-state index contributed by atoms with van der Waals surface area (Å²) in [5.41, 5.74) is 9.93. The second kappa shape index (κ2) is 17.8. The minimum atomic E-state index is -1.00. The van der Waals surface area contributed by atoms with Crippen LogP contribution >= 0.6 is 23.4 Å². The van der Waals surface area contributed by atoms with Crippen molar-refractivity contribution in [3.05, 3.63) is 86.4 Å². The number of amidine groups is 1. The number of halogens is 1. The van der Waals surface area contributed by atoms with Crippen molar-refractivity contribution in [1.29, 1.82) is 0 Å². The van der Waals surface area contributed by atoms with Gasteiger partial charge in [-0.2, -0.15) is 16.9 Å². The highest BCUT2D eigenvalue weighted by Gasteiger charge is 2.18. The number of nitrogens with two attached hydrogens (primary N) is 2. The zero-order chi connectivity index (χ0) is 32.8. The van der Waals surface area contributed by atoms with Crippen LogP contribution in [0.1, 0.15) is 54.1 Å². The topological polar surface area (TPSA) is 190 Å². The lowest BCUT2D eigenvalue weighted by Crippen LogP contribution is -2.40. The molecule has 0 saturated carbocycles. The van der Waals surface area contributed by atoms with Crippen LogP contribution in [0, 0.1) is 10.1 Å². The number of hydrazine groups is 1. The zero-order valence-corrected chi connectivity index (χ0v) is 26.5. The molecule has 0 aliphatic rings. The van der Waals surface area contributed by atoms with Crippen LogP contribution in [0.15, 0.2) is 53.6 Å². The molecule has 1 atom stereocenters. The van der Waals surface area contributed by atoms with Crippen molar-refractivity contribution in [2.45, 2.75) is 45.9 Å². The number of nitrogens with zero attached hydrogens (tertiary/aromatic N) is 5. The van der Waals surface area contributed by atoms with E-state index in [-0.39, 0.29) is 24.2 Å². The predicted octanol–water partition coefficient (Wildman–Crippen LogP) is 4.64. The van der Waals surface area contributed by atoms with Crippen LogP contribution in [0.2, 0.25) is 5.15 Å². The summed E-state index contributed by atoms with van der Waals surface area (Å²) in [5.74, 6) is 7.65. The summed E-state index contributed by atoms with van der Waals surface area (Å²) in [5, 5.41) is 14.6. The number of benzene rings is 2. The van der Waals surface area contributed by atoms with E-state index in [4.69, 9.17) is 32.7 Å². The number of imidazole rings is 1. The molecule has 0 radical (unpaired) electrons. The predicted molar refractivity (Wildman–Crippen MR) is 171 cm³/mol. The molecule has 4 N–H and O–H groups in total. The minimum absolute atomic E-state index is 0.0329. The summed E-state index contributed by atoms with van der Waals surface area (Å²) in [6.07, 6.45) is 1.43. The Hall–Kier alpha value is -4.34. The van der Waals surface area contributed by atoms with Gasteiger partial charge >= 0.3 is 6.16 Å². The SMILES string of the molecule is CCCCc1nc(Cl)c(C=O)n1Cc1ccc(-c2ccccc2/C(N)=N/N(N)C(C)OC(=O)OCCSCCO[N+](=O)[O-])cc1. The molecule has 45 heavy (non-hydrogen) atoms. The fourth-order valence-electron chi connectivity index (χ4n) is 4.17. The molecule has 0 fully saturated rings. The third kappa shape index (κ3) is 10.7. The van der Waals surface area contributed by atoms with Crippen molar-refractivity contribution in [2.75, 3.05) is 24.7 Å².